The van der Waals surface area contributed by atoms with Crippen LogP contribution in [0.25, 0.3) is 0 Å². The van der Waals surface area contributed by atoms with Crippen molar-refractivity contribution in [3.8, 4) is 5.75 Å². The number of hydrogen-bond acceptors (Lipinski definition) is 4. The third-order valence-electron chi connectivity index (χ3n) is 10.8. The molecule has 0 bridgehead atoms. The van der Waals surface area contributed by atoms with Crippen LogP contribution in [0.15, 0.2) is 18.2 Å². The van der Waals surface area contributed by atoms with E-state index < -0.39 is 43.9 Å². The highest BCUT2D eigenvalue weighted by Gasteiger charge is 2.57. The lowest BCUT2D eigenvalue weighted by atomic mass is 9.52. The topological polar surface area (TPSA) is 110 Å². The first-order valence-corrected chi connectivity index (χ1v) is 19.4. The summed E-state index contributed by atoms with van der Waals surface area (Å²) in [5, 5.41) is 10.9. The molecule has 0 heterocycles. The summed E-state index contributed by atoms with van der Waals surface area (Å²) in [7, 11) is -4.66. The summed E-state index contributed by atoms with van der Waals surface area (Å²) in [4.78, 5) is 18.6. The van der Waals surface area contributed by atoms with Crippen molar-refractivity contribution in [2.45, 2.75) is 127 Å². The maximum atomic E-state index is 13.0. The van der Waals surface area contributed by atoms with Gasteiger partial charge in [-0.15, -0.1) is 0 Å². The molecule has 3 aliphatic carbocycles. The Labute approximate surface area is 266 Å². The van der Waals surface area contributed by atoms with Gasteiger partial charge in [0, 0.05) is 6.42 Å². The van der Waals surface area contributed by atoms with Gasteiger partial charge in [-0.05, 0) is 110 Å². The number of benzene rings is 1. The van der Waals surface area contributed by atoms with Crippen LogP contribution in [0.4, 0.5) is 22.0 Å². The molecule has 0 spiro atoms. The van der Waals surface area contributed by atoms with Crippen molar-refractivity contribution in [2.75, 3.05) is 11.5 Å². The molecule has 0 radical (unpaired) electrons. The van der Waals surface area contributed by atoms with Crippen molar-refractivity contribution in [1.82, 2.24) is 0 Å². The van der Waals surface area contributed by atoms with E-state index in [9.17, 15) is 46.0 Å². The lowest BCUT2D eigenvalue weighted by Crippen LogP contribution is -2.47. The minimum atomic E-state index is -5.56. The summed E-state index contributed by atoms with van der Waals surface area (Å²) in [5.74, 6) is -2.70. The average molecular weight is 687 g/mol. The molecular formula is C32H48F5O6PS. The Morgan fingerprint density at radius 2 is 1.62 bits per heavy atom. The molecule has 2 saturated carbocycles. The van der Waals surface area contributed by atoms with Gasteiger partial charge in [-0.3, -0.25) is 9.79 Å². The van der Waals surface area contributed by atoms with Crippen LogP contribution in [0, 0.1) is 23.2 Å². The summed E-state index contributed by atoms with van der Waals surface area (Å²) in [6.45, 7) is 2.25. The van der Waals surface area contributed by atoms with Crippen molar-refractivity contribution in [3.05, 3.63) is 29.3 Å². The molecule has 258 valence electrons. The lowest BCUT2D eigenvalue weighted by molar-refractivity contribution is -0.284. The van der Waals surface area contributed by atoms with Crippen molar-refractivity contribution in [3.63, 3.8) is 0 Å². The normalized spacial score (nSPS) is 29.2. The number of alkyl halides is 5. The van der Waals surface area contributed by atoms with E-state index in [1.807, 2.05) is 6.07 Å². The minimum absolute atomic E-state index is 0.0712. The van der Waals surface area contributed by atoms with Gasteiger partial charge in [-0.2, -0.15) is 22.0 Å². The zero-order valence-electron chi connectivity index (χ0n) is 26.0. The summed E-state index contributed by atoms with van der Waals surface area (Å²) in [6, 6.07) is 5.42. The molecule has 0 saturated heterocycles. The molecule has 1 aromatic carbocycles. The molecule has 13 heteroatoms. The highest BCUT2D eigenvalue weighted by molar-refractivity contribution is 7.91. The zero-order chi connectivity index (χ0) is 33.0. The Morgan fingerprint density at radius 1 is 0.978 bits per heavy atom. The second-order valence-corrected chi connectivity index (χ2v) is 16.6. The van der Waals surface area contributed by atoms with Gasteiger partial charge in [0.05, 0.1) is 6.10 Å². The predicted octanol–water partition coefficient (Wildman–Crippen LogP) is 8.45. The number of aliphatic hydroxyl groups is 1. The Hall–Kier alpha value is -0.910. The van der Waals surface area contributed by atoms with Crippen LogP contribution in [0.2, 0.25) is 0 Å². The van der Waals surface area contributed by atoms with E-state index in [0.29, 0.717) is 35.8 Å². The lowest BCUT2D eigenvalue weighted by Gasteiger charge is -2.53. The molecule has 0 aliphatic heterocycles. The molecule has 45 heavy (non-hydrogen) atoms. The van der Waals surface area contributed by atoms with E-state index in [-0.39, 0.29) is 23.0 Å². The molecule has 0 amide bonds. The van der Waals surface area contributed by atoms with E-state index in [0.717, 1.165) is 82.6 Å². The molecule has 3 aliphatic rings. The van der Waals surface area contributed by atoms with E-state index in [2.05, 4.69) is 6.92 Å². The standard InChI is InChI=1S/C32H48F5O6PS/c1-30-17-15-26-25-12-11-24(43-44(39,40)41)21-23(25)20-22(29(26)27(30)13-14-28(30)38)10-7-5-3-2-4-6-8-18-45(42)19-9-16-31(33,34)32(35,36)37/h11-12,21-22,26-29,38H,2-10,13-20H2,1H3,(H2,39,40,41)/t22-,26-,27+,28+,29-,30+,45?/m1/s1. The summed E-state index contributed by atoms with van der Waals surface area (Å²) in [6.07, 6.45) is 4.72. The monoisotopic (exact) mass is 686 g/mol. The first-order chi connectivity index (χ1) is 21.0. The Bertz CT molecular complexity index is 1170. The zero-order valence-corrected chi connectivity index (χ0v) is 27.7. The Morgan fingerprint density at radius 3 is 2.29 bits per heavy atom. The van der Waals surface area contributed by atoms with Gasteiger partial charge in [-0.1, -0.05) is 56.3 Å². The third-order valence-corrected chi connectivity index (χ3v) is 12.7. The van der Waals surface area contributed by atoms with Crippen molar-refractivity contribution >= 4 is 19.0 Å². The number of hydrogen-bond donors (Lipinski definition) is 3. The number of phosphoric acid groups is 1. The van der Waals surface area contributed by atoms with Crippen LogP contribution in [0.1, 0.15) is 114 Å². The number of aliphatic hydroxyl groups excluding tert-OH is 1. The highest BCUT2D eigenvalue weighted by Crippen LogP contribution is 2.63. The summed E-state index contributed by atoms with van der Waals surface area (Å²) in [5.41, 5.74) is 2.27. The van der Waals surface area contributed by atoms with Crippen molar-refractivity contribution in [1.29, 1.82) is 0 Å². The smallest absolute Gasteiger partial charge is 0.524 e. The van der Waals surface area contributed by atoms with Gasteiger partial charge in [0.25, 0.3) is 0 Å². The van der Waals surface area contributed by atoms with E-state index >= 15 is 0 Å². The van der Waals surface area contributed by atoms with Crippen LogP contribution in [0.5, 0.6) is 5.75 Å². The molecule has 1 unspecified atom stereocenters. The molecular weight excluding hydrogens is 638 g/mol. The largest absolute Gasteiger partial charge is 0.616 e. The van der Waals surface area contributed by atoms with Gasteiger partial charge >= 0.3 is 19.9 Å². The Balaban J connectivity index is 1.21. The maximum Gasteiger partial charge on any atom is 0.524 e. The number of halogens is 5. The third kappa shape index (κ3) is 9.38. The first-order valence-electron chi connectivity index (χ1n) is 16.4. The van der Waals surface area contributed by atoms with Gasteiger partial charge < -0.3 is 14.2 Å². The Kier molecular flexibility index (Phi) is 12.4. The number of phosphoric ester groups is 1. The minimum Gasteiger partial charge on any atom is -0.616 e. The van der Waals surface area contributed by atoms with Crippen LogP contribution >= 0.6 is 7.82 Å². The van der Waals surface area contributed by atoms with Crippen molar-refractivity contribution < 1.29 is 50.5 Å². The SMILES string of the molecule is C[C@]12CC[C@@H]3c4ccc(OP(=O)(O)O)cc4C[C@@H](CCCCCCCCC[S+]([O-])CCCC(F)(F)C(F)(F)F)[C@H]3[C@@H]1CC[C@@H]2O. The highest BCUT2D eigenvalue weighted by atomic mass is 32.2. The number of rotatable bonds is 16. The summed E-state index contributed by atoms with van der Waals surface area (Å²) < 4.78 is 91.0. The van der Waals surface area contributed by atoms with Crippen LogP contribution < -0.4 is 4.52 Å². The van der Waals surface area contributed by atoms with E-state index in [4.69, 9.17) is 4.52 Å². The maximum absolute atomic E-state index is 13.0. The molecule has 1 aromatic rings. The molecule has 6 nitrogen and oxygen atoms in total. The van der Waals surface area contributed by atoms with Gasteiger partial charge in [0.15, 0.2) is 0 Å². The van der Waals surface area contributed by atoms with E-state index in [1.165, 1.54) is 5.56 Å². The number of unbranched alkanes of at least 4 members (excludes halogenated alkanes) is 6. The van der Waals surface area contributed by atoms with Gasteiger partial charge in [0.2, 0.25) is 0 Å². The fourth-order valence-electron chi connectivity index (χ4n) is 8.47. The molecule has 0 aromatic heterocycles. The quantitative estimate of drug-likeness (QED) is 0.0697. The molecule has 4 rings (SSSR count). The van der Waals surface area contributed by atoms with Crippen molar-refractivity contribution in [2.24, 2.45) is 23.2 Å². The van der Waals surface area contributed by atoms with Crippen LogP contribution in [0.3, 0.4) is 0 Å². The predicted molar refractivity (Wildman–Crippen MR) is 164 cm³/mol. The van der Waals surface area contributed by atoms with Crippen LogP contribution in [-0.4, -0.2) is 49.2 Å². The fourth-order valence-corrected chi connectivity index (χ4v) is 10.1. The summed E-state index contributed by atoms with van der Waals surface area (Å²) >= 11 is -1.39. The van der Waals surface area contributed by atoms with Gasteiger partial charge in [-0.25, -0.2) is 4.57 Å². The fraction of sp³-hybridized carbons (Fsp3) is 0.812. The number of fused-ring (bicyclic) bond motifs is 5. The van der Waals surface area contributed by atoms with Gasteiger partial charge in [0.1, 0.15) is 17.3 Å². The van der Waals surface area contributed by atoms with Crippen LogP contribution in [-0.2, 0) is 22.2 Å². The second-order valence-electron chi connectivity index (χ2n) is 13.8. The van der Waals surface area contributed by atoms with E-state index in [1.54, 1.807) is 12.1 Å². The molecule has 3 N–H and O–H groups in total. The molecule has 7 atom stereocenters. The average Bonchev–Trinajstić information content (AvgIpc) is 3.24. The first kappa shape index (κ1) is 36.9. The molecule has 2 fully saturated rings. The second kappa shape index (κ2) is 15.1.